The van der Waals surface area contributed by atoms with E-state index in [2.05, 4.69) is 0 Å². The summed E-state index contributed by atoms with van der Waals surface area (Å²) >= 11 is 0. The molecule has 0 spiro atoms. The molecule has 1 aromatic rings. The van der Waals surface area contributed by atoms with E-state index in [9.17, 15) is 14.9 Å². The number of nitro groups is 1. The fourth-order valence-corrected chi connectivity index (χ4v) is 1.85. The number of nitrogen functional groups attached to an aromatic ring is 1. The van der Waals surface area contributed by atoms with Crippen LogP contribution in [0.15, 0.2) is 18.2 Å². The number of amides is 1. The highest BCUT2D eigenvalue weighted by Crippen LogP contribution is 2.28. The Balaban J connectivity index is 3.16. The van der Waals surface area contributed by atoms with Gasteiger partial charge in [0, 0.05) is 19.2 Å². The Kier molecular flexibility index (Phi) is 4.37. The summed E-state index contributed by atoms with van der Waals surface area (Å²) < 4.78 is 0. The van der Waals surface area contributed by atoms with E-state index in [1.54, 1.807) is 11.9 Å². The first-order chi connectivity index (χ1) is 9.07. The van der Waals surface area contributed by atoms with Crippen LogP contribution in [0.1, 0.15) is 38.1 Å². The second kappa shape index (κ2) is 5.48. The maximum atomic E-state index is 12.5. The van der Waals surface area contributed by atoms with Crippen molar-refractivity contribution in [2.24, 2.45) is 5.41 Å². The first-order valence-corrected chi connectivity index (χ1v) is 6.37. The van der Waals surface area contributed by atoms with Gasteiger partial charge in [0.25, 0.3) is 11.6 Å². The van der Waals surface area contributed by atoms with Crippen LogP contribution >= 0.6 is 0 Å². The van der Waals surface area contributed by atoms with Crippen LogP contribution in [0.4, 0.5) is 11.4 Å². The minimum Gasteiger partial charge on any atom is -0.393 e. The van der Waals surface area contributed by atoms with Crippen LogP contribution in [-0.2, 0) is 0 Å². The molecule has 1 rings (SSSR count). The molecule has 0 saturated carbocycles. The third kappa shape index (κ3) is 3.07. The number of anilines is 1. The molecule has 0 fully saturated rings. The van der Waals surface area contributed by atoms with Crippen LogP contribution in [0.5, 0.6) is 0 Å². The molecule has 1 atom stereocenters. The van der Waals surface area contributed by atoms with Crippen molar-refractivity contribution in [1.82, 2.24) is 4.90 Å². The molecule has 0 aliphatic carbocycles. The minimum absolute atomic E-state index is 0.0336. The van der Waals surface area contributed by atoms with Gasteiger partial charge in [0.1, 0.15) is 5.69 Å². The standard InChI is InChI=1S/C14H21N3O3/c1-9(14(2,3)4)16(5)13(18)10-7-6-8-11(12(10)15)17(19)20/h6-9H,15H2,1-5H3. The molecule has 0 radical (unpaired) electrons. The molecular formula is C14H21N3O3. The first-order valence-electron chi connectivity index (χ1n) is 6.37. The van der Waals surface area contributed by atoms with Crippen LogP contribution in [0.25, 0.3) is 0 Å². The number of rotatable bonds is 3. The highest BCUT2D eigenvalue weighted by atomic mass is 16.6. The Morgan fingerprint density at radius 3 is 2.40 bits per heavy atom. The van der Waals surface area contributed by atoms with Gasteiger partial charge in [-0.2, -0.15) is 0 Å². The summed E-state index contributed by atoms with van der Waals surface area (Å²) in [5, 5.41) is 10.9. The minimum atomic E-state index is -0.584. The number of nitro benzene ring substituents is 1. The lowest BCUT2D eigenvalue weighted by molar-refractivity contribution is -0.383. The average molecular weight is 279 g/mol. The summed E-state index contributed by atoms with van der Waals surface area (Å²) in [4.78, 5) is 24.3. The van der Waals surface area contributed by atoms with Crippen molar-refractivity contribution in [1.29, 1.82) is 0 Å². The Morgan fingerprint density at radius 1 is 1.40 bits per heavy atom. The second-order valence-corrected chi connectivity index (χ2v) is 5.95. The molecule has 2 N–H and O–H groups in total. The molecular weight excluding hydrogens is 258 g/mol. The van der Waals surface area contributed by atoms with E-state index in [-0.39, 0.29) is 34.3 Å². The van der Waals surface area contributed by atoms with E-state index < -0.39 is 4.92 Å². The molecule has 0 aliphatic heterocycles. The highest BCUT2D eigenvalue weighted by molar-refractivity contribution is 6.01. The van der Waals surface area contributed by atoms with Gasteiger partial charge in [0.05, 0.1) is 10.5 Å². The summed E-state index contributed by atoms with van der Waals surface area (Å²) in [5.74, 6) is -0.311. The van der Waals surface area contributed by atoms with Crippen molar-refractivity contribution in [3.8, 4) is 0 Å². The van der Waals surface area contributed by atoms with Gasteiger partial charge in [-0.1, -0.05) is 26.8 Å². The lowest BCUT2D eigenvalue weighted by Gasteiger charge is -2.35. The third-order valence-corrected chi connectivity index (χ3v) is 3.66. The predicted octanol–water partition coefficient (Wildman–Crippen LogP) is 2.68. The number of hydrogen-bond acceptors (Lipinski definition) is 4. The second-order valence-electron chi connectivity index (χ2n) is 5.95. The molecule has 1 amide bonds. The Labute approximate surface area is 118 Å². The van der Waals surface area contributed by atoms with Gasteiger partial charge in [-0.15, -0.1) is 0 Å². The molecule has 6 heteroatoms. The summed E-state index contributed by atoms with van der Waals surface area (Å²) in [6, 6.07) is 4.24. The van der Waals surface area contributed by atoms with Gasteiger partial charge in [-0.05, 0) is 18.4 Å². The highest BCUT2D eigenvalue weighted by Gasteiger charge is 2.29. The molecule has 0 bridgehead atoms. The van der Waals surface area contributed by atoms with E-state index in [1.165, 1.54) is 18.2 Å². The molecule has 0 aromatic heterocycles. The predicted molar refractivity (Wildman–Crippen MR) is 78.5 cm³/mol. The average Bonchev–Trinajstić information content (AvgIpc) is 2.35. The molecule has 6 nitrogen and oxygen atoms in total. The zero-order valence-corrected chi connectivity index (χ0v) is 12.5. The first kappa shape index (κ1) is 15.9. The lowest BCUT2D eigenvalue weighted by atomic mass is 9.87. The van der Waals surface area contributed by atoms with Crippen molar-refractivity contribution in [2.75, 3.05) is 12.8 Å². The van der Waals surface area contributed by atoms with E-state index in [0.29, 0.717) is 0 Å². The van der Waals surface area contributed by atoms with E-state index >= 15 is 0 Å². The van der Waals surface area contributed by atoms with Crippen molar-refractivity contribution in [2.45, 2.75) is 33.7 Å². The number of nitrogens with zero attached hydrogens (tertiary/aromatic N) is 2. The Bertz CT molecular complexity index is 535. The van der Waals surface area contributed by atoms with Crippen molar-refractivity contribution in [3.05, 3.63) is 33.9 Å². The number of carbonyl (C=O) groups excluding carboxylic acids is 1. The number of benzene rings is 1. The molecule has 0 saturated heterocycles. The Morgan fingerprint density at radius 2 is 1.95 bits per heavy atom. The molecule has 0 heterocycles. The van der Waals surface area contributed by atoms with Crippen molar-refractivity contribution in [3.63, 3.8) is 0 Å². The van der Waals surface area contributed by atoms with Gasteiger partial charge < -0.3 is 10.6 Å². The van der Waals surface area contributed by atoms with E-state index in [0.717, 1.165) is 0 Å². The summed E-state index contributed by atoms with van der Waals surface area (Å²) in [5.41, 5.74) is 5.48. The fraction of sp³-hybridized carbons (Fsp3) is 0.500. The number of para-hydroxylation sites is 1. The smallest absolute Gasteiger partial charge is 0.292 e. The molecule has 110 valence electrons. The van der Waals surface area contributed by atoms with E-state index in [1.807, 2.05) is 27.7 Å². The van der Waals surface area contributed by atoms with Gasteiger partial charge in [-0.3, -0.25) is 14.9 Å². The SMILES string of the molecule is CC(N(C)C(=O)c1cccc([N+](=O)[O-])c1N)C(C)(C)C. The molecule has 20 heavy (non-hydrogen) atoms. The van der Waals surface area contributed by atoms with Crippen LogP contribution < -0.4 is 5.73 Å². The lowest BCUT2D eigenvalue weighted by Crippen LogP contribution is -2.43. The topological polar surface area (TPSA) is 89.5 Å². The molecule has 1 unspecified atom stereocenters. The van der Waals surface area contributed by atoms with Crippen LogP contribution in [0, 0.1) is 15.5 Å². The third-order valence-electron chi connectivity index (χ3n) is 3.66. The van der Waals surface area contributed by atoms with Gasteiger partial charge in [0.15, 0.2) is 0 Å². The van der Waals surface area contributed by atoms with Crippen LogP contribution in [0.2, 0.25) is 0 Å². The van der Waals surface area contributed by atoms with Crippen LogP contribution in [0.3, 0.4) is 0 Å². The number of carbonyl (C=O) groups is 1. The van der Waals surface area contributed by atoms with E-state index in [4.69, 9.17) is 5.73 Å². The zero-order valence-electron chi connectivity index (χ0n) is 12.5. The van der Waals surface area contributed by atoms with Gasteiger partial charge in [-0.25, -0.2) is 0 Å². The largest absolute Gasteiger partial charge is 0.393 e. The van der Waals surface area contributed by atoms with Crippen LogP contribution in [-0.4, -0.2) is 28.8 Å². The molecule has 0 aliphatic rings. The van der Waals surface area contributed by atoms with Crippen molar-refractivity contribution < 1.29 is 9.72 Å². The zero-order chi connectivity index (χ0) is 15.7. The maximum Gasteiger partial charge on any atom is 0.292 e. The maximum absolute atomic E-state index is 12.5. The molecule has 1 aromatic carbocycles. The summed E-state index contributed by atoms with van der Waals surface area (Å²) in [6.07, 6.45) is 0. The number of hydrogen-bond donors (Lipinski definition) is 1. The van der Waals surface area contributed by atoms with Gasteiger partial charge >= 0.3 is 0 Å². The van der Waals surface area contributed by atoms with Crippen molar-refractivity contribution >= 4 is 17.3 Å². The quantitative estimate of drug-likeness (QED) is 0.523. The monoisotopic (exact) mass is 279 g/mol. The summed E-state index contributed by atoms with van der Waals surface area (Å²) in [7, 11) is 1.68. The fourth-order valence-electron chi connectivity index (χ4n) is 1.85. The number of nitrogens with two attached hydrogens (primary N) is 1. The van der Waals surface area contributed by atoms with Gasteiger partial charge in [0.2, 0.25) is 0 Å². The Hall–Kier alpha value is -2.11. The summed E-state index contributed by atoms with van der Waals surface area (Å²) in [6.45, 7) is 8.01. The normalized spacial score (nSPS) is 12.8.